The summed E-state index contributed by atoms with van der Waals surface area (Å²) in [5, 5.41) is 1.24. The highest BCUT2D eigenvalue weighted by Crippen LogP contribution is 2.35. The van der Waals surface area contributed by atoms with Crippen molar-refractivity contribution in [2.24, 2.45) is 0 Å². The summed E-state index contributed by atoms with van der Waals surface area (Å²) < 4.78 is 11.2. The van der Waals surface area contributed by atoms with E-state index in [-0.39, 0.29) is 24.0 Å². The van der Waals surface area contributed by atoms with Gasteiger partial charge in [0.2, 0.25) is 0 Å². The molecule has 0 unspecified atom stereocenters. The van der Waals surface area contributed by atoms with Gasteiger partial charge >= 0.3 is 0 Å². The Morgan fingerprint density at radius 2 is 1.59 bits per heavy atom. The topological polar surface area (TPSA) is 76.7 Å². The standard InChI is InChI=1S/C17H14BrCl3N2O4/c1-9-4-10(19)2-3-14(9)26-7-15(24)22-23-16(25)8-27-17-12(18)5-11(20)6-13(17)21/h2-6H,7-8H2,1H3,(H,22,24)(H,23,25). The largest absolute Gasteiger partial charge is 0.483 e. The molecule has 0 aliphatic rings. The molecule has 0 saturated carbocycles. The number of hydrazine groups is 1. The summed E-state index contributed by atoms with van der Waals surface area (Å²) in [5.41, 5.74) is 5.23. The maximum atomic E-state index is 11.8. The SMILES string of the molecule is Cc1cc(Cl)ccc1OCC(=O)NNC(=O)COc1c(Cl)cc(Cl)cc1Br. The van der Waals surface area contributed by atoms with Gasteiger partial charge in [-0.1, -0.05) is 34.8 Å². The summed E-state index contributed by atoms with van der Waals surface area (Å²) in [6, 6.07) is 8.09. The van der Waals surface area contributed by atoms with Crippen LogP contribution in [0.2, 0.25) is 15.1 Å². The molecule has 144 valence electrons. The summed E-state index contributed by atoms with van der Waals surface area (Å²) in [6.45, 7) is 1.16. The zero-order chi connectivity index (χ0) is 20.0. The van der Waals surface area contributed by atoms with E-state index in [1.807, 2.05) is 0 Å². The number of carbonyl (C=O) groups excluding carboxylic acids is 2. The van der Waals surface area contributed by atoms with Gasteiger partial charge in [0.25, 0.3) is 11.8 Å². The Morgan fingerprint density at radius 1 is 0.963 bits per heavy atom. The molecule has 2 rings (SSSR count). The molecule has 10 heteroatoms. The first-order chi connectivity index (χ1) is 12.8. The van der Waals surface area contributed by atoms with Gasteiger partial charge in [-0.25, -0.2) is 0 Å². The number of benzene rings is 2. The van der Waals surface area contributed by atoms with Crippen molar-refractivity contribution in [1.29, 1.82) is 0 Å². The first-order valence-electron chi connectivity index (χ1n) is 7.50. The number of hydrogen-bond acceptors (Lipinski definition) is 4. The van der Waals surface area contributed by atoms with Crippen LogP contribution in [0.3, 0.4) is 0 Å². The highest BCUT2D eigenvalue weighted by atomic mass is 79.9. The highest BCUT2D eigenvalue weighted by Gasteiger charge is 2.12. The number of halogens is 4. The van der Waals surface area contributed by atoms with Crippen LogP contribution in [0.1, 0.15) is 5.56 Å². The molecule has 27 heavy (non-hydrogen) atoms. The Labute approximate surface area is 179 Å². The molecule has 6 nitrogen and oxygen atoms in total. The van der Waals surface area contributed by atoms with Crippen molar-refractivity contribution >= 4 is 62.5 Å². The second kappa shape index (κ2) is 10.0. The van der Waals surface area contributed by atoms with Crippen LogP contribution in [0, 0.1) is 6.92 Å². The van der Waals surface area contributed by atoms with Crippen molar-refractivity contribution in [2.45, 2.75) is 6.92 Å². The molecule has 2 N–H and O–H groups in total. The molecule has 0 radical (unpaired) electrons. The summed E-state index contributed by atoms with van der Waals surface area (Å²) >= 11 is 20.9. The number of rotatable bonds is 6. The minimum absolute atomic E-state index is 0.248. The number of amides is 2. The van der Waals surface area contributed by atoms with Gasteiger partial charge in [0.05, 0.1) is 9.50 Å². The first-order valence-corrected chi connectivity index (χ1v) is 9.43. The smallest absolute Gasteiger partial charge is 0.276 e. The fourth-order valence-corrected chi connectivity index (χ4v) is 3.53. The molecule has 0 fully saturated rings. The van der Waals surface area contributed by atoms with E-state index >= 15 is 0 Å². The number of carbonyl (C=O) groups is 2. The summed E-state index contributed by atoms with van der Waals surface area (Å²) in [5.74, 6) is -0.331. The fraction of sp³-hybridized carbons (Fsp3) is 0.176. The monoisotopic (exact) mass is 494 g/mol. The van der Waals surface area contributed by atoms with E-state index < -0.39 is 11.8 Å². The predicted molar refractivity (Wildman–Crippen MR) is 108 cm³/mol. The molecule has 0 aliphatic carbocycles. The Bertz CT molecular complexity index is 841. The van der Waals surface area contributed by atoms with Gasteiger partial charge in [-0.15, -0.1) is 0 Å². The van der Waals surface area contributed by atoms with Crippen LogP contribution in [-0.2, 0) is 9.59 Å². The second-order valence-electron chi connectivity index (χ2n) is 5.28. The average molecular weight is 497 g/mol. The lowest BCUT2D eigenvalue weighted by atomic mass is 10.2. The number of nitrogens with one attached hydrogen (secondary N) is 2. The van der Waals surface area contributed by atoms with E-state index in [2.05, 4.69) is 26.8 Å². The molecule has 0 saturated heterocycles. The highest BCUT2D eigenvalue weighted by molar-refractivity contribution is 9.10. The predicted octanol–water partition coefficient (Wildman–Crippen LogP) is 4.32. The van der Waals surface area contributed by atoms with Gasteiger partial charge < -0.3 is 9.47 Å². The first kappa shape index (κ1) is 21.6. The molecule has 0 bridgehead atoms. The lowest BCUT2D eigenvalue weighted by molar-refractivity contribution is -0.131. The Morgan fingerprint density at radius 3 is 2.19 bits per heavy atom. The van der Waals surface area contributed by atoms with Crippen LogP contribution in [0.15, 0.2) is 34.8 Å². The zero-order valence-corrected chi connectivity index (χ0v) is 17.8. The normalized spacial score (nSPS) is 10.3. The molecule has 0 heterocycles. The van der Waals surface area contributed by atoms with E-state index in [1.165, 1.54) is 6.07 Å². The van der Waals surface area contributed by atoms with Gasteiger partial charge in [-0.3, -0.25) is 20.4 Å². The van der Waals surface area contributed by atoms with Gasteiger partial charge in [0, 0.05) is 10.0 Å². The molecular formula is C17H14BrCl3N2O4. The third-order valence-corrected chi connectivity index (χ3v) is 4.47. The molecule has 2 amide bonds. The maximum Gasteiger partial charge on any atom is 0.276 e. The summed E-state index contributed by atoms with van der Waals surface area (Å²) in [7, 11) is 0. The fourth-order valence-electron chi connectivity index (χ4n) is 1.93. The van der Waals surface area contributed by atoms with E-state index in [1.54, 1.807) is 31.2 Å². The quantitative estimate of drug-likeness (QED) is 0.584. The van der Waals surface area contributed by atoms with Crippen LogP contribution in [0.4, 0.5) is 0 Å². The van der Waals surface area contributed by atoms with Crippen molar-refractivity contribution in [3.05, 3.63) is 55.4 Å². The molecular weight excluding hydrogens is 482 g/mol. The van der Waals surface area contributed by atoms with Crippen LogP contribution >= 0.6 is 50.7 Å². The third-order valence-electron chi connectivity index (χ3n) is 3.15. The van der Waals surface area contributed by atoms with E-state index in [4.69, 9.17) is 44.3 Å². The van der Waals surface area contributed by atoms with E-state index in [0.29, 0.717) is 20.3 Å². The van der Waals surface area contributed by atoms with Crippen molar-refractivity contribution in [2.75, 3.05) is 13.2 Å². The number of hydrogen-bond donors (Lipinski definition) is 2. The molecule has 2 aromatic rings. The molecule has 0 aliphatic heterocycles. The van der Waals surface area contributed by atoms with E-state index in [0.717, 1.165) is 5.56 Å². The van der Waals surface area contributed by atoms with Crippen molar-refractivity contribution in [3.63, 3.8) is 0 Å². The van der Waals surface area contributed by atoms with Crippen molar-refractivity contribution in [1.82, 2.24) is 10.9 Å². The molecule has 0 atom stereocenters. The minimum Gasteiger partial charge on any atom is -0.483 e. The Hall–Kier alpha value is -1.67. The van der Waals surface area contributed by atoms with Crippen molar-refractivity contribution < 1.29 is 19.1 Å². The molecule has 0 spiro atoms. The third kappa shape index (κ3) is 6.77. The second-order valence-corrected chi connectivity index (χ2v) is 7.42. The van der Waals surface area contributed by atoms with Crippen LogP contribution < -0.4 is 20.3 Å². The van der Waals surface area contributed by atoms with Crippen molar-refractivity contribution in [3.8, 4) is 11.5 Å². The van der Waals surface area contributed by atoms with Crippen LogP contribution in [0.25, 0.3) is 0 Å². The van der Waals surface area contributed by atoms with Gasteiger partial charge in [-0.2, -0.15) is 0 Å². The minimum atomic E-state index is -0.580. The lowest BCUT2D eigenvalue weighted by Gasteiger charge is -2.12. The van der Waals surface area contributed by atoms with Crippen LogP contribution in [-0.4, -0.2) is 25.0 Å². The van der Waals surface area contributed by atoms with Crippen LogP contribution in [0.5, 0.6) is 11.5 Å². The molecule has 2 aromatic carbocycles. The van der Waals surface area contributed by atoms with E-state index in [9.17, 15) is 9.59 Å². The molecule has 0 aromatic heterocycles. The van der Waals surface area contributed by atoms with Gasteiger partial charge in [0.15, 0.2) is 19.0 Å². The number of ether oxygens (including phenoxy) is 2. The number of aryl methyl sites for hydroxylation is 1. The summed E-state index contributed by atoms with van der Waals surface area (Å²) in [6.07, 6.45) is 0. The Balaban J connectivity index is 1.76. The summed E-state index contributed by atoms with van der Waals surface area (Å²) in [4.78, 5) is 23.5. The maximum absolute atomic E-state index is 11.8. The Kier molecular flexibility index (Phi) is 8.04. The average Bonchev–Trinajstić information content (AvgIpc) is 2.58. The zero-order valence-electron chi connectivity index (χ0n) is 13.9. The van der Waals surface area contributed by atoms with Gasteiger partial charge in [-0.05, 0) is 58.7 Å². The lowest BCUT2D eigenvalue weighted by Crippen LogP contribution is -2.45. The van der Waals surface area contributed by atoms with Gasteiger partial charge in [0.1, 0.15) is 5.75 Å².